The van der Waals surface area contributed by atoms with Gasteiger partial charge in [0.05, 0.1) is 12.5 Å². The van der Waals surface area contributed by atoms with E-state index in [9.17, 15) is 0 Å². The summed E-state index contributed by atoms with van der Waals surface area (Å²) in [6, 6.07) is 10.3. The number of benzene rings is 1. The fourth-order valence-corrected chi connectivity index (χ4v) is 5.90. The molecular formula is C30H39FN8O. The first kappa shape index (κ1) is 27.9. The Hall–Kier alpha value is -3.63. The number of piperazine rings is 1. The zero-order chi connectivity index (χ0) is 28.4. The molecule has 40 heavy (non-hydrogen) atoms. The minimum atomic E-state index is -0.564. The van der Waals surface area contributed by atoms with E-state index >= 15 is 4.39 Å². The number of pyridine rings is 2. The van der Waals surface area contributed by atoms with Gasteiger partial charge < -0.3 is 25.6 Å². The number of halogens is 1. The molecule has 0 radical (unpaired) electrons. The first-order valence-corrected chi connectivity index (χ1v) is 14.1. The van der Waals surface area contributed by atoms with Crippen molar-refractivity contribution >= 4 is 33.3 Å². The van der Waals surface area contributed by atoms with Crippen LogP contribution in [-0.4, -0.2) is 77.3 Å². The third-order valence-corrected chi connectivity index (χ3v) is 7.57. The average molecular weight is 547 g/mol. The molecule has 3 aliphatic heterocycles. The number of hydrogen-bond acceptors (Lipinski definition) is 9. The van der Waals surface area contributed by atoms with Crippen molar-refractivity contribution in [3.05, 3.63) is 42.3 Å². The van der Waals surface area contributed by atoms with Gasteiger partial charge in [0.1, 0.15) is 28.5 Å². The van der Waals surface area contributed by atoms with E-state index in [1.54, 1.807) is 12.3 Å². The van der Waals surface area contributed by atoms with Crippen LogP contribution in [0.3, 0.4) is 0 Å². The second-order valence-electron chi connectivity index (χ2n) is 10.7. The number of rotatable bonds is 3. The van der Waals surface area contributed by atoms with Crippen LogP contribution >= 0.6 is 0 Å². The van der Waals surface area contributed by atoms with Crippen molar-refractivity contribution in [2.45, 2.75) is 45.7 Å². The Bertz CT molecular complexity index is 1470. The predicted molar refractivity (Wildman–Crippen MR) is 159 cm³/mol. The van der Waals surface area contributed by atoms with Gasteiger partial charge in [0, 0.05) is 49.8 Å². The van der Waals surface area contributed by atoms with Gasteiger partial charge >= 0.3 is 6.01 Å². The molecule has 10 heteroatoms. The summed E-state index contributed by atoms with van der Waals surface area (Å²) in [5, 5.41) is 5.80. The lowest BCUT2D eigenvalue weighted by molar-refractivity contribution is 0.149. The van der Waals surface area contributed by atoms with Gasteiger partial charge in [-0.15, -0.1) is 0 Å². The molecule has 4 aromatic rings. The molecule has 6 heterocycles. The highest BCUT2D eigenvalue weighted by Crippen LogP contribution is 2.35. The number of nitrogens with two attached hydrogens (primary N) is 1. The highest BCUT2D eigenvalue weighted by molar-refractivity contribution is 5.98. The molecule has 7 rings (SSSR count). The minimum Gasteiger partial charge on any atom is -0.467 e. The van der Waals surface area contributed by atoms with Crippen molar-refractivity contribution < 1.29 is 9.13 Å². The van der Waals surface area contributed by atoms with Crippen molar-refractivity contribution in [1.29, 1.82) is 0 Å². The number of nitrogens with zero attached hydrogens (tertiary/aromatic N) is 6. The molecule has 3 aliphatic rings. The molecule has 1 aromatic carbocycles. The maximum Gasteiger partial charge on any atom is 0.318 e. The summed E-state index contributed by atoms with van der Waals surface area (Å²) in [4.78, 5) is 22.3. The molecule has 2 unspecified atom stereocenters. The van der Waals surface area contributed by atoms with E-state index < -0.39 is 5.82 Å². The van der Waals surface area contributed by atoms with E-state index in [-0.39, 0.29) is 17.2 Å². The maximum atomic E-state index is 15.9. The van der Waals surface area contributed by atoms with Crippen LogP contribution in [0.2, 0.25) is 0 Å². The van der Waals surface area contributed by atoms with Gasteiger partial charge in [-0.2, -0.15) is 9.97 Å². The van der Waals surface area contributed by atoms with Gasteiger partial charge in [-0.25, -0.2) is 9.37 Å². The third kappa shape index (κ3) is 5.51. The first-order valence-electron chi connectivity index (χ1n) is 14.1. The van der Waals surface area contributed by atoms with Crippen molar-refractivity contribution in [2.75, 3.05) is 51.0 Å². The van der Waals surface area contributed by atoms with Crippen LogP contribution < -0.4 is 20.7 Å². The number of aromatic nitrogens is 4. The summed E-state index contributed by atoms with van der Waals surface area (Å²) < 4.78 is 21.2. The Balaban J connectivity index is 0.000000354. The highest BCUT2D eigenvalue weighted by atomic mass is 19.1. The highest BCUT2D eigenvalue weighted by Gasteiger charge is 2.34. The van der Waals surface area contributed by atoms with E-state index in [1.807, 2.05) is 38.1 Å². The van der Waals surface area contributed by atoms with Crippen LogP contribution in [0.1, 0.15) is 33.6 Å². The molecule has 9 nitrogen and oxygen atoms in total. The van der Waals surface area contributed by atoms with Crippen LogP contribution in [0.15, 0.2) is 36.5 Å². The quantitative estimate of drug-likeness (QED) is 0.384. The average Bonchev–Trinajstić information content (AvgIpc) is 3.30. The lowest BCUT2D eigenvalue weighted by Gasteiger charge is -2.34. The minimum absolute atomic E-state index is 0.105. The zero-order valence-electron chi connectivity index (χ0n) is 24.0. The molecule has 0 aliphatic carbocycles. The second-order valence-corrected chi connectivity index (χ2v) is 10.7. The van der Waals surface area contributed by atoms with Crippen molar-refractivity contribution in [3.63, 3.8) is 0 Å². The summed E-state index contributed by atoms with van der Waals surface area (Å²) in [6.07, 6.45) is 3.89. The fourth-order valence-electron chi connectivity index (χ4n) is 5.90. The normalized spacial score (nSPS) is 20.4. The summed E-state index contributed by atoms with van der Waals surface area (Å²) >= 11 is 0. The lowest BCUT2D eigenvalue weighted by atomic mass is 10.1. The predicted octanol–water partition coefficient (Wildman–Crippen LogP) is 4.50. The Kier molecular flexibility index (Phi) is 8.27. The molecule has 3 aromatic heterocycles. The number of methoxy groups -OCH3 is 1. The van der Waals surface area contributed by atoms with Gasteiger partial charge in [-0.3, -0.25) is 4.98 Å². The molecule has 0 spiro atoms. The second kappa shape index (κ2) is 11.9. The number of ether oxygens (including phenoxy) is 1. The summed E-state index contributed by atoms with van der Waals surface area (Å²) in [5.74, 6) is 1.35. The molecule has 0 amide bonds. The van der Waals surface area contributed by atoms with Crippen LogP contribution in [0, 0.1) is 11.7 Å². The summed E-state index contributed by atoms with van der Waals surface area (Å²) in [7, 11) is 3.64. The molecular weight excluding hydrogens is 507 g/mol. The van der Waals surface area contributed by atoms with Crippen molar-refractivity contribution in [2.24, 2.45) is 5.92 Å². The zero-order valence-corrected chi connectivity index (χ0v) is 24.0. The van der Waals surface area contributed by atoms with Gasteiger partial charge in [0.15, 0.2) is 5.82 Å². The van der Waals surface area contributed by atoms with Crippen molar-refractivity contribution in [1.82, 2.24) is 30.2 Å². The Morgan fingerprint density at radius 2 is 1.68 bits per heavy atom. The Morgan fingerprint density at radius 1 is 0.975 bits per heavy atom. The molecule has 212 valence electrons. The molecule has 3 saturated heterocycles. The molecule has 0 saturated carbocycles. The van der Waals surface area contributed by atoms with Gasteiger partial charge in [-0.05, 0) is 37.3 Å². The third-order valence-electron chi connectivity index (χ3n) is 7.57. The van der Waals surface area contributed by atoms with Gasteiger partial charge in [-0.1, -0.05) is 45.0 Å². The summed E-state index contributed by atoms with van der Waals surface area (Å²) in [6.45, 7) is 10.5. The van der Waals surface area contributed by atoms with Crippen LogP contribution in [0.25, 0.3) is 33.1 Å². The maximum absolute atomic E-state index is 15.9. The number of likely N-dealkylation sites (tertiary alicyclic amines) is 1. The van der Waals surface area contributed by atoms with E-state index in [2.05, 4.69) is 49.0 Å². The van der Waals surface area contributed by atoms with E-state index in [1.165, 1.54) is 20.2 Å². The molecule has 2 bridgehead atoms. The number of nitrogen functional groups attached to an aromatic ring is 1. The topological polar surface area (TPSA) is 105 Å². The van der Waals surface area contributed by atoms with Gasteiger partial charge in [0.2, 0.25) is 0 Å². The first-order chi connectivity index (χ1) is 19.4. The Morgan fingerprint density at radius 3 is 2.30 bits per heavy atom. The largest absolute Gasteiger partial charge is 0.467 e. The molecule has 3 N–H and O–H groups in total. The van der Waals surface area contributed by atoms with E-state index in [4.69, 9.17) is 10.5 Å². The SMILES string of the molecule is CC.CC1CN(C)C1.COc1nc(N2CC3CCC(C2)N3)c2cnc(-c3nc(N)cc4ccccc34)c(F)c2n1. The van der Waals surface area contributed by atoms with Crippen LogP contribution in [-0.2, 0) is 0 Å². The number of hydrogen-bond donors (Lipinski definition) is 2. The van der Waals surface area contributed by atoms with Crippen LogP contribution in [0.4, 0.5) is 16.0 Å². The smallest absolute Gasteiger partial charge is 0.318 e. The van der Waals surface area contributed by atoms with E-state index in [0.717, 1.165) is 42.6 Å². The number of anilines is 2. The Labute approximate surface area is 235 Å². The number of fused-ring (bicyclic) bond motifs is 4. The standard InChI is InChI=1S/C23H22FN7O.C5H11N.C2H6/c1-32-23-29-19-16(22(30-23)31-10-13-6-7-14(11-31)27-13)9-26-21(18(19)24)20-15-5-3-2-4-12(15)8-17(25)28-20;1-5-3-6(2)4-5;1-2/h2-5,8-9,13-14,27H,6-7,10-11H2,1H3,(H2,25,28);5H,3-4H2,1-2H3;1-2H3. The number of nitrogens with one attached hydrogen (secondary N) is 1. The van der Waals surface area contributed by atoms with E-state index in [0.29, 0.717) is 34.8 Å². The van der Waals surface area contributed by atoms with Crippen LogP contribution in [0.5, 0.6) is 6.01 Å². The monoisotopic (exact) mass is 546 g/mol. The lowest BCUT2D eigenvalue weighted by Crippen LogP contribution is -2.51. The molecule has 3 fully saturated rings. The summed E-state index contributed by atoms with van der Waals surface area (Å²) in [5.41, 5.74) is 6.66. The molecule has 2 atom stereocenters. The van der Waals surface area contributed by atoms with Crippen molar-refractivity contribution in [3.8, 4) is 17.4 Å². The van der Waals surface area contributed by atoms with Gasteiger partial charge in [0.25, 0.3) is 0 Å². The fraction of sp³-hybridized carbons (Fsp3) is 0.467.